The fraction of sp³-hybridized carbons (Fsp3) is 0.133. The summed E-state index contributed by atoms with van der Waals surface area (Å²) in [6.07, 6.45) is 0.191. The Hall–Kier alpha value is -3.09. The molecule has 0 amide bonds. The van der Waals surface area contributed by atoms with Gasteiger partial charge in [0.25, 0.3) is 0 Å². The summed E-state index contributed by atoms with van der Waals surface area (Å²) < 4.78 is 0. The Morgan fingerprint density at radius 2 is 1.32 bits per heavy atom. The van der Waals surface area contributed by atoms with Gasteiger partial charge in [-0.2, -0.15) is 0 Å². The third-order valence-corrected chi connectivity index (χ3v) is 3.29. The van der Waals surface area contributed by atoms with Crippen LogP contribution < -0.4 is 0 Å². The first-order valence-corrected chi connectivity index (χ1v) is 6.34. The van der Waals surface area contributed by atoms with Gasteiger partial charge < -0.3 is 30.6 Å². The van der Waals surface area contributed by atoms with Crippen LogP contribution in [0, 0.1) is 0 Å². The summed E-state index contributed by atoms with van der Waals surface area (Å²) in [7, 11) is 0. The van der Waals surface area contributed by atoms with E-state index in [1.165, 1.54) is 0 Å². The van der Waals surface area contributed by atoms with E-state index in [2.05, 4.69) is 0 Å². The average molecular weight is 306 g/mol. The summed E-state index contributed by atoms with van der Waals surface area (Å²) in [6.45, 7) is 1.63. The lowest BCUT2D eigenvalue weighted by Gasteiger charge is -2.12. The molecule has 0 aliphatic heterocycles. The number of carbonyl (C=O) groups is 1. The molecule has 116 valence electrons. The molecule has 0 spiro atoms. The molecule has 0 heterocycles. The smallest absolute Gasteiger partial charge is 0.200 e. The van der Waals surface area contributed by atoms with Crippen LogP contribution in [0.25, 0.3) is 0 Å². The van der Waals surface area contributed by atoms with E-state index in [4.69, 9.17) is 0 Å². The first-order chi connectivity index (χ1) is 10.3. The molecule has 7 nitrogen and oxygen atoms in total. The van der Waals surface area contributed by atoms with Crippen LogP contribution in [-0.4, -0.2) is 36.4 Å². The summed E-state index contributed by atoms with van der Waals surface area (Å²) in [5.74, 6) is -4.87. The minimum absolute atomic E-state index is 0.0974. The van der Waals surface area contributed by atoms with Gasteiger partial charge in [0.2, 0.25) is 5.75 Å². The van der Waals surface area contributed by atoms with Crippen LogP contribution in [0.3, 0.4) is 0 Å². The molecule has 0 aromatic heterocycles. The van der Waals surface area contributed by atoms with Gasteiger partial charge in [0.15, 0.2) is 34.5 Å². The molecule has 2 rings (SSSR count). The number of aromatic hydroxyl groups is 6. The van der Waals surface area contributed by atoms with Crippen molar-refractivity contribution in [2.24, 2.45) is 0 Å². The summed E-state index contributed by atoms with van der Waals surface area (Å²) in [5.41, 5.74) is -0.154. The normalized spacial score (nSPS) is 10.6. The molecule has 22 heavy (non-hydrogen) atoms. The Kier molecular flexibility index (Phi) is 3.73. The van der Waals surface area contributed by atoms with E-state index in [0.717, 1.165) is 18.2 Å². The molecule has 7 heteroatoms. The fourth-order valence-corrected chi connectivity index (χ4v) is 2.14. The highest BCUT2D eigenvalue weighted by Gasteiger charge is 2.22. The number of hydrogen-bond donors (Lipinski definition) is 6. The Balaban J connectivity index is 2.64. The van der Waals surface area contributed by atoms with E-state index in [9.17, 15) is 35.4 Å². The number of phenols is 6. The van der Waals surface area contributed by atoms with Gasteiger partial charge in [-0.3, -0.25) is 4.79 Å². The van der Waals surface area contributed by atoms with E-state index >= 15 is 0 Å². The maximum atomic E-state index is 12.4. The van der Waals surface area contributed by atoms with Crippen molar-refractivity contribution in [3.05, 3.63) is 34.9 Å². The molecule has 6 N–H and O–H groups in total. The van der Waals surface area contributed by atoms with Gasteiger partial charge in [0, 0.05) is 16.7 Å². The second-order valence-electron chi connectivity index (χ2n) is 4.66. The zero-order valence-electron chi connectivity index (χ0n) is 11.5. The average Bonchev–Trinajstić information content (AvgIpc) is 2.48. The number of benzene rings is 2. The maximum absolute atomic E-state index is 12.4. The molecule has 0 bridgehead atoms. The first-order valence-electron chi connectivity index (χ1n) is 6.34. The number of hydrogen-bond acceptors (Lipinski definition) is 7. The lowest BCUT2D eigenvalue weighted by Crippen LogP contribution is -2.05. The van der Waals surface area contributed by atoms with E-state index in [1.807, 2.05) is 0 Å². The van der Waals surface area contributed by atoms with Gasteiger partial charge in [-0.15, -0.1) is 0 Å². The Bertz CT molecular complexity index is 742. The second-order valence-corrected chi connectivity index (χ2v) is 4.66. The van der Waals surface area contributed by atoms with Gasteiger partial charge in [-0.05, 0) is 24.6 Å². The molecular weight excluding hydrogens is 292 g/mol. The topological polar surface area (TPSA) is 138 Å². The van der Waals surface area contributed by atoms with E-state index in [0.29, 0.717) is 0 Å². The van der Waals surface area contributed by atoms with Crippen LogP contribution in [-0.2, 0) is 6.42 Å². The van der Waals surface area contributed by atoms with E-state index < -0.39 is 40.3 Å². The largest absolute Gasteiger partial charge is 0.504 e. The van der Waals surface area contributed by atoms with Crippen molar-refractivity contribution in [2.45, 2.75) is 13.3 Å². The number of phenolic OH excluding ortho intramolecular Hbond substituents is 6. The standard InChI is InChI=1S/C15H14O7/c1-2-7-8(5-11(18)15(22)13(7)20)12(19)6-3-9(16)14(21)10(17)4-6/h3-5,16-18,20-22H,2H2,1H3. The van der Waals surface area contributed by atoms with Gasteiger partial charge in [-0.1, -0.05) is 6.92 Å². The van der Waals surface area contributed by atoms with Crippen molar-refractivity contribution in [1.82, 2.24) is 0 Å². The SMILES string of the molecule is CCc1c(C(=O)c2cc(O)c(O)c(O)c2)cc(O)c(O)c1O. The Labute approximate surface area is 125 Å². The van der Waals surface area contributed by atoms with Crippen LogP contribution in [0.2, 0.25) is 0 Å². The molecule has 0 atom stereocenters. The number of ketones is 1. The van der Waals surface area contributed by atoms with E-state index in [1.54, 1.807) is 6.92 Å². The van der Waals surface area contributed by atoms with Crippen molar-refractivity contribution < 1.29 is 35.4 Å². The predicted octanol–water partition coefficient (Wildman–Crippen LogP) is 1.71. The highest BCUT2D eigenvalue weighted by molar-refractivity contribution is 6.11. The number of rotatable bonds is 3. The molecule has 2 aromatic rings. The minimum Gasteiger partial charge on any atom is -0.504 e. The highest BCUT2D eigenvalue weighted by Crippen LogP contribution is 2.41. The Morgan fingerprint density at radius 3 is 1.82 bits per heavy atom. The summed E-state index contributed by atoms with van der Waals surface area (Å²) in [6, 6.07) is 2.87. The van der Waals surface area contributed by atoms with Crippen molar-refractivity contribution in [1.29, 1.82) is 0 Å². The maximum Gasteiger partial charge on any atom is 0.200 e. The molecule has 0 saturated carbocycles. The minimum atomic E-state index is -0.760. The summed E-state index contributed by atoms with van der Waals surface area (Å²) in [4.78, 5) is 12.4. The van der Waals surface area contributed by atoms with Crippen molar-refractivity contribution in [3.63, 3.8) is 0 Å². The lowest BCUT2D eigenvalue weighted by atomic mass is 9.95. The molecule has 2 aromatic carbocycles. The van der Waals surface area contributed by atoms with Crippen LogP contribution >= 0.6 is 0 Å². The Morgan fingerprint density at radius 1 is 0.818 bits per heavy atom. The molecule has 0 aliphatic rings. The van der Waals surface area contributed by atoms with Crippen molar-refractivity contribution >= 4 is 5.78 Å². The zero-order chi connectivity index (χ0) is 16.6. The van der Waals surface area contributed by atoms with Gasteiger partial charge in [0.05, 0.1) is 0 Å². The first kappa shape index (κ1) is 15.3. The third-order valence-electron chi connectivity index (χ3n) is 3.29. The highest BCUT2D eigenvalue weighted by atomic mass is 16.3. The molecular formula is C15H14O7. The summed E-state index contributed by atoms with van der Waals surface area (Å²) in [5, 5.41) is 57.0. The molecule has 0 fully saturated rings. The molecule has 0 saturated heterocycles. The summed E-state index contributed by atoms with van der Waals surface area (Å²) >= 11 is 0. The quantitative estimate of drug-likeness (QED) is 0.375. The fourth-order valence-electron chi connectivity index (χ4n) is 2.14. The van der Waals surface area contributed by atoms with Crippen LogP contribution in [0.5, 0.6) is 34.5 Å². The van der Waals surface area contributed by atoms with Crippen LogP contribution in [0.15, 0.2) is 18.2 Å². The van der Waals surface area contributed by atoms with Crippen molar-refractivity contribution in [3.8, 4) is 34.5 Å². The van der Waals surface area contributed by atoms with E-state index in [-0.39, 0.29) is 23.1 Å². The van der Waals surface area contributed by atoms with Gasteiger partial charge in [0.1, 0.15) is 0 Å². The zero-order valence-corrected chi connectivity index (χ0v) is 11.5. The number of carbonyl (C=O) groups excluding carboxylic acids is 1. The monoisotopic (exact) mass is 306 g/mol. The second kappa shape index (κ2) is 5.36. The van der Waals surface area contributed by atoms with Gasteiger partial charge >= 0.3 is 0 Å². The molecule has 0 radical (unpaired) electrons. The lowest BCUT2D eigenvalue weighted by molar-refractivity contribution is 0.103. The third kappa shape index (κ3) is 2.32. The van der Waals surface area contributed by atoms with Crippen LogP contribution in [0.4, 0.5) is 0 Å². The molecule has 0 unspecified atom stereocenters. The van der Waals surface area contributed by atoms with Gasteiger partial charge in [-0.25, -0.2) is 0 Å². The van der Waals surface area contributed by atoms with Crippen molar-refractivity contribution in [2.75, 3.05) is 0 Å². The predicted molar refractivity (Wildman–Crippen MR) is 75.7 cm³/mol. The van der Waals surface area contributed by atoms with Crippen LogP contribution in [0.1, 0.15) is 28.4 Å². The molecule has 0 aliphatic carbocycles.